The molecule has 0 aliphatic carbocycles. The fourth-order valence-corrected chi connectivity index (χ4v) is 3.30. The van der Waals surface area contributed by atoms with E-state index in [4.69, 9.17) is 26.8 Å². The van der Waals surface area contributed by atoms with Gasteiger partial charge in [0.1, 0.15) is 0 Å². The predicted octanol–water partition coefficient (Wildman–Crippen LogP) is 3.17. The third kappa shape index (κ3) is 3.50. The topological polar surface area (TPSA) is 44.5 Å². The van der Waals surface area contributed by atoms with Crippen LogP contribution in [0.15, 0.2) is 22.7 Å². The van der Waals surface area contributed by atoms with Gasteiger partial charge in [0, 0.05) is 48.7 Å². The zero-order chi connectivity index (χ0) is 13.9. The molecule has 1 atom stereocenters. The number of methoxy groups -OCH3 is 1. The Morgan fingerprint density at radius 3 is 2.74 bits per heavy atom. The van der Waals surface area contributed by atoms with Crippen LogP contribution < -0.4 is 5.73 Å². The van der Waals surface area contributed by atoms with Crippen molar-refractivity contribution in [2.45, 2.75) is 30.9 Å². The van der Waals surface area contributed by atoms with Gasteiger partial charge in [-0.15, -0.1) is 0 Å². The van der Waals surface area contributed by atoms with E-state index in [1.165, 1.54) is 0 Å². The summed E-state index contributed by atoms with van der Waals surface area (Å²) in [6, 6.07) is 5.81. The highest BCUT2D eigenvalue weighted by molar-refractivity contribution is 9.10. The maximum Gasteiger partial charge on any atom is 0.0875 e. The number of hydrogen-bond acceptors (Lipinski definition) is 3. The largest absolute Gasteiger partial charge is 0.381 e. The fraction of sp³-hybridized carbons (Fsp3) is 0.571. The van der Waals surface area contributed by atoms with Gasteiger partial charge in [-0.25, -0.2) is 0 Å². The molecule has 0 aromatic heterocycles. The van der Waals surface area contributed by atoms with E-state index in [9.17, 15) is 0 Å². The molecule has 5 heteroatoms. The molecule has 1 heterocycles. The minimum Gasteiger partial charge on any atom is -0.381 e. The molecule has 2 N–H and O–H groups in total. The lowest BCUT2D eigenvalue weighted by Crippen LogP contribution is -2.53. The second-order valence-electron chi connectivity index (χ2n) is 4.93. The first-order valence-corrected chi connectivity index (χ1v) is 7.57. The second kappa shape index (κ2) is 6.55. The highest BCUT2D eigenvalue weighted by atomic mass is 79.9. The van der Waals surface area contributed by atoms with Crippen molar-refractivity contribution in [1.82, 2.24) is 0 Å². The van der Waals surface area contributed by atoms with Gasteiger partial charge in [0.15, 0.2) is 0 Å². The molecule has 1 fully saturated rings. The molecular formula is C14H19BrClNO2. The molecule has 19 heavy (non-hydrogen) atoms. The number of halogens is 2. The molecule has 0 spiro atoms. The van der Waals surface area contributed by atoms with Gasteiger partial charge in [0.2, 0.25) is 0 Å². The van der Waals surface area contributed by atoms with Gasteiger partial charge in [0.25, 0.3) is 0 Å². The van der Waals surface area contributed by atoms with E-state index in [1.807, 2.05) is 18.2 Å². The van der Waals surface area contributed by atoms with E-state index in [0.29, 0.717) is 19.6 Å². The summed E-state index contributed by atoms with van der Waals surface area (Å²) in [5.74, 6) is 0. The minimum atomic E-state index is -0.297. The van der Waals surface area contributed by atoms with Crippen LogP contribution in [0.25, 0.3) is 0 Å². The summed E-state index contributed by atoms with van der Waals surface area (Å²) in [5, 5.41) is 0.739. The summed E-state index contributed by atoms with van der Waals surface area (Å²) in [6.07, 6.45) is 2.37. The zero-order valence-corrected chi connectivity index (χ0v) is 13.3. The Morgan fingerprint density at radius 2 is 2.16 bits per heavy atom. The Morgan fingerprint density at radius 1 is 1.47 bits per heavy atom. The molecule has 1 unspecified atom stereocenters. The molecule has 1 aliphatic rings. The van der Waals surface area contributed by atoms with Crippen molar-refractivity contribution in [3.05, 3.63) is 33.3 Å². The van der Waals surface area contributed by atoms with Crippen LogP contribution >= 0.6 is 27.5 Å². The highest BCUT2D eigenvalue weighted by Gasteiger charge is 2.38. The van der Waals surface area contributed by atoms with E-state index in [2.05, 4.69) is 15.9 Å². The average molecular weight is 349 g/mol. The third-order valence-corrected chi connectivity index (χ3v) is 4.72. The van der Waals surface area contributed by atoms with Gasteiger partial charge < -0.3 is 15.2 Å². The van der Waals surface area contributed by atoms with Crippen molar-refractivity contribution in [2.75, 3.05) is 20.3 Å². The van der Waals surface area contributed by atoms with Gasteiger partial charge in [-0.1, -0.05) is 33.6 Å². The molecule has 1 aromatic rings. The van der Waals surface area contributed by atoms with Crippen molar-refractivity contribution >= 4 is 27.5 Å². The third-order valence-electron chi connectivity index (χ3n) is 3.88. The molecule has 2 rings (SSSR count). The van der Waals surface area contributed by atoms with Crippen LogP contribution in [0, 0.1) is 0 Å². The number of ether oxygens (including phenoxy) is 2. The Bertz CT molecular complexity index is 435. The summed E-state index contributed by atoms with van der Waals surface area (Å²) in [4.78, 5) is 0. The summed E-state index contributed by atoms with van der Waals surface area (Å²) in [6.45, 7) is 1.41. The number of nitrogens with two attached hydrogens (primary N) is 1. The van der Waals surface area contributed by atoms with Crippen LogP contribution in [-0.2, 0) is 15.9 Å². The Hall–Kier alpha value is -0.130. The molecule has 0 amide bonds. The molecule has 0 saturated carbocycles. The molecule has 0 bridgehead atoms. The monoisotopic (exact) mass is 347 g/mol. The number of hydrogen-bond donors (Lipinski definition) is 1. The minimum absolute atomic E-state index is 0.0833. The molecule has 3 nitrogen and oxygen atoms in total. The lowest BCUT2D eigenvalue weighted by Gasteiger charge is -2.40. The molecule has 1 aliphatic heterocycles. The second-order valence-corrected chi connectivity index (χ2v) is 6.25. The first-order chi connectivity index (χ1) is 9.07. The quantitative estimate of drug-likeness (QED) is 0.909. The Balaban J connectivity index is 2.12. The lowest BCUT2D eigenvalue weighted by molar-refractivity contribution is -0.103. The van der Waals surface area contributed by atoms with Crippen molar-refractivity contribution in [1.29, 1.82) is 0 Å². The molecule has 0 radical (unpaired) electrons. The van der Waals surface area contributed by atoms with Crippen molar-refractivity contribution in [3.8, 4) is 0 Å². The predicted molar refractivity (Wildman–Crippen MR) is 80.6 cm³/mol. The molecular weight excluding hydrogens is 330 g/mol. The first-order valence-electron chi connectivity index (χ1n) is 6.40. The summed E-state index contributed by atoms with van der Waals surface area (Å²) >= 11 is 9.66. The zero-order valence-electron chi connectivity index (χ0n) is 11.0. The summed E-state index contributed by atoms with van der Waals surface area (Å²) in [7, 11) is 1.73. The van der Waals surface area contributed by atoms with Gasteiger partial charge in [-0.2, -0.15) is 0 Å². The Labute approximate surface area is 127 Å². The normalized spacial score (nSPS) is 20.2. The van der Waals surface area contributed by atoms with Crippen molar-refractivity contribution in [2.24, 2.45) is 5.73 Å². The van der Waals surface area contributed by atoms with Gasteiger partial charge in [-0.3, -0.25) is 0 Å². The fourth-order valence-electron chi connectivity index (χ4n) is 2.55. The van der Waals surface area contributed by atoms with Crippen LogP contribution in [0.5, 0.6) is 0 Å². The maximum absolute atomic E-state index is 6.38. The lowest BCUT2D eigenvalue weighted by atomic mass is 9.83. The van der Waals surface area contributed by atoms with Crippen LogP contribution in [0.4, 0.5) is 0 Å². The summed E-state index contributed by atoms with van der Waals surface area (Å²) in [5.41, 5.74) is 7.14. The number of rotatable bonds is 4. The van der Waals surface area contributed by atoms with Gasteiger partial charge in [-0.05, 0) is 24.1 Å². The number of benzene rings is 1. The van der Waals surface area contributed by atoms with E-state index in [-0.39, 0.29) is 11.6 Å². The van der Waals surface area contributed by atoms with E-state index >= 15 is 0 Å². The maximum atomic E-state index is 6.38. The van der Waals surface area contributed by atoms with Gasteiger partial charge in [0.05, 0.1) is 5.60 Å². The van der Waals surface area contributed by atoms with Crippen molar-refractivity contribution < 1.29 is 9.47 Å². The van der Waals surface area contributed by atoms with Crippen LogP contribution in [0.1, 0.15) is 18.4 Å². The van der Waals surface area contributed by atoms with Crippen molar-refractivity contribution in [3.63, 3.8) is 0 Å². The average Bonchev–Trinajstić information content (AvgIpc) is 2.42. The smallest absolute Gasteiger partial charge is 0.0875 e. The first kappa shape index (κ1) is 15.3. The molecule has 1 aromatic carbocycles. The molecule has 1 saturated heterocycles. The van der Waals surface area contributed by atoms with E-state index < -0.39 is 0 Å². The standard InChI is InChI=1S/C14H19BrClNO2/c1-18-14(4-6-19-7-5-14)13(17)8-10-2-3-11(15)9-12(10)16/h2-3,9,13H,4-8,17H2,1H3. The van der Waals surface area contributed by atoms with Crippen LogP contribution in [-0.4, -0.2) is 32.0 Å². The van der Waals surface area contributed by atoms with Crippen LogP contribution in [0.3, 0.4) is 0 Å². The highest BCUT2D eigenvalue weighted by Crippen LogP contribution is 2.31. The van der Waals surface area contributed by atoms with Crippen LogP contribution in [0.2, 0.25) is 5.02 Å². The van der Waals surface area contributed by atoms with E-state index in [1.54, 1.807) is 7.11 Å². The Kier molecular flexibility index (Phi) is 5.26. The molecule has 106 valence electrons. The van der Waals surface area contributed by atoms with Gasteiger partial charge >= 0.3 is 0 Å². The van der Waals surface area contributed by atoms with E-state index in [0.717, 1.165) is 27.9 Å². The SMILES string of the molecule is COC1(C(N)Cc2ccc(Br)cc2Cl)CCOCC1. The summed E-state index contributed by atoms with van der Waals surface area (Å²) < 4.78 is 12.1.